The second-order valence-electron chi connectivity index (χ2n) is 2.69. The van der Waals surface area contributed by atoms with E-state index in [2.05, 4.69) is 0 Å². The number of alkyl halides is 1. The lowest BCUT2D eigenvalue weighted by molar-refractivity contribution is -0.112. The highest BCUT2D eigenvalue weighted by molar-refractivity contribution is 5.87. The molecule has 0 fully saturated rings. The fourth-order valence-electron chi connectivity index (χ4n) is 0.752. The number of halogens is 1. The maximum Gasteiger partial charge on any atom is 0.152 e. The summed E-state index contributed by atoms with van der Waals surface area (Å²) in [6, 6.07) is 0. The third-order valence-electron chi connectivity index (χ3n) is 1.79. The van der Waals surface area contributed by atoms with Crippen LogP contribution < -0.4 is 0 Å². The molecule has 11 heavy (non-hydrogen) atoms. The minimum atomic E-state index is -1.29. The first-order valence-electron chi connectivity index (χ1n) is 3.93. The van der Waals surface area contributed by atoms with E-state index in [1.807, 2.05) is 0 Å². The lowest BCUT2D eigenvalue weighted by atomic mass is 9.99. The van der Waals surface area contributed by atoms with Gasteiger partial charge in [0, 0.05) is 0 Å². The van der Waals surface area contributed by atoms with Gasteiger partial charge in [0.2, 0.25) is 0 Å². The molecular formula is C9H15FO. The van der Waals surface area contributed by atoms with E-state index in [1.165, 1.54) is 19.1 Å². The van der Waals surface area contributed by atoms with Gasteiger partial charge in [0.15, 0.2) is 5.78 Å². The van der Waals surface area contributed by atoms with E-state index in [9.17, 15) is 9.18 Å². The molecule has 0 heterocycles. The molecule has 0 aromatic rings. The van der Waals surface area contributed by atoms with Gasteiger partial charge in [-0.15, -0.1) is 0 Å². The summed E-state index contributed by atoms with van der Waals surface area (Å²) in [5.74, 6) is -0.103. The van der Waals surface area contributed by atoms with Gasteiger partial charge in [0.05, 0.1) is 0 Å². The normalized spacial score (nSPS) is 12.4. The van der Waals surface area contributed by atoms with Crippen molar-refractivity contribution in [3.8, 4) is 0 Å². The zero-order chi connectivity index (χ0) is 8.91. The minimum absolute atomic E-state index is 0.103. The Kier molecular flexibility index (Phi) is 4.01. The molecule has 0 aliphatic carbocycles. The van der Waals surface area contributed by atoms with Crippen molar-refractivity contribution in [2.45, 2.75) is 39.3 Å². The van der Waals surface area contributed by atoms with Crippen LogP contribution in [0.25, 0.3) is 0 Å². The zero-order valence-electron chi connectivity index (χ0n) is 7.36. The predicted octanol–water partition coefficient (Wildman–Crippen LogP) is 2.66. The maximum absolute atomic E-state index is 13.4. The summed E-state index contributed by atoms with van der Waals surface area (Å²) in [4.78, 5) is 10.5. The first-order chi connectivity index (χ1) is 5.04. The fraction of sp³-hybridized carbons (Fsp3) is 0.667. The van der Waals surface area contributed by atoms with Gasteiger partial charge in [-0.1, -0.05) is 13.8 Å². The van der Waals surface area contributed by atoms with Crippen molar-refractivity contribution in [2.75, 3.05) is 0 Å². The van der Waals surface area contributed by atoms with E-state index >= 15 is 0 Å². The molecule has 0 aromatic heterocycles. The van der Waals surface area contributed by atoms with Crippen LogP contribution in [-0.2, 0) is 4.79 Å². The van der Waals surface area contributed by atoms with Crippen LogP contribution in [0.2, 0.25) is 0 Å². The van der Waals surface area contributed by atoms with Crippen LogP contribution in [0, 0.1) is 0 Å². The molecule has 2 heteroatoms. The molecule has 1 nitrogen and oxygen atoms in total. The highest BCUT2D eigenvalue weighted by Crippen LogP contribution is 2.21. The van der Waals surface area contributed by atoms with E-state index in [4.69, 9.17) is 0 Å². The summed E-state index contributed by atoms with van der Waals surface area (Å²) >= 11 is 0. The van der Waals surface area contributed by atoms with Crippen molar-refractivity contribution in [1.82, 2.24) is 0 Å². The first-order valence-corrected chi connectivity index (χ1v) is 3.93. The smallest absolute Gasteiger partial charge is 0.152 e. The highest BCUT2D eigenvalue weighted by Gasteiger charge is 2.20. The van der Waals surface area contributed by atoms with E-state index in [0.29, 0.717) is 12.8 Å². The molecule has 0 N–H and O–H groups in total. The number of allylic oxidation sites excluding steroid dienone is 2. The predicted molar refractivity (Wildman–Crippen MR) is 44.2 cm³/mol. The van der Waals surface area contributed by atoms with Crippen molar-refractivity contribution in [3.63, 3.8) is 0 Å². The molecule has 0 aliphatic heterocycles. The minimum Gasteiger partial charge on any atom is -0.295 e. The van der Waals surface area contributed by atoms with Gasteiger partial charge in [-0.05, 0) is 31.9 Å². The van der Waals surface area contributed by atoms with Gasteiger partial charge in [0.1, 0.15) is 5.67 Å². The molecule has 0 atom stereocenters. The van der Waals surface area contributed by atoms with Crippen LogP contribution in [0.4, 0.5) is 4.39 Å². The van der Waals surface area contributed by atoms with Crippen LogP contribution in [0.15, 0.2) is 12.2 Å². The summed E-state index contributed by atoms with van der Waals surface area (Å²) in [6.45, 7) is 4.96. The van der Waals surface area contributed by atoms with Crippen LogP contribution in [0.3, 0.4) is 0 Å². The highest BCUT2D eigenvalue weighted by atomic mass is 19.1. The largest absolute Gasteiger partial charge is 0.295 e. The Morgan fingerprint density at radius 2 is 1.91 bits per heavy atom. The van der Waals surface area contributed by atoms with Crippen LogP contribution in [-0.4, -0.2) is 11.5 Å². The van der Waals surface area contributed by atoms with E-state index in [1.54, 1.807) is 13.8 Å². The van der Waals surface area contributed by atoms with Gasteiger partial charge in [-0.2, -0.15) is 0 Å². The van der Waals surface area contributed by atoms with Crippen molar-refractivity contribution in [2.24, 2.45) is 0 Å². The molecule has 0 bridgehead atoms. The van der Waals surface area contributed by atoms with Gasteiger partial charge in [-0.3, -0.25) is 4.79 Å². The Bertz CT molecular complexity index is 157. The molecular weight excluding hydrogens is 143 g/mol. The Labute approximate surface area is 67.3 Å². The van der Waals surface area contributed by atoms with Crippen LogP contribution in [0.5, 0.6) is 0 Å². The molecule has 0 rings (SSSR count). The van der Waals surface area contributed by atoms with Crippen molar-refractivity contribution < 1.29 is 9.18 Å². The molecule has 0 saturated carbocycles. The molecule has 0 saturated heterocycles. The zero-order valence-corrected chi connectivity index (χ0v) is 7.36. The Hall–Kier alpha value is -0.660. The molecule has 64 valence electrons. The third kappa shape index (κ3) is 3.91. The van der Waals surface area contributed by atoms with Crippen LogP contribution in [0.1, 0.15) is 33.6 Å². The molecule has 0 aromatic carbocycles. The SMILES string of the molecule is CCC(F)(/C=C/C(C)=O)CC. The number of hydrogen-bond acceptors (Lipinski definition) is 1. The summed E-state index contributed by atoms with van der Waals surface area (Å²) in [6.07, 6.45) is 3.50. The summed E-state index contributed by atoms with van der Waals surface area (Å²) < 4.78 is 13.4. The monoisotopic (exact) mass is 158 g/mol. The second kappa shape index (κ2) is 4.27. The van der Waals surface area contributed by atoms with E-state index < -0.39 is 5.67 Å². The van der Waals surface area contributed by atoms with Crippen molar-refractivity contribution in [1.29, 1.82) is 0 Å². The van der Waals surface area contributed by atoms with E-state index in [0.717, 1.165) is 0 Å². The maximum atomic E-state index is 13.4. The molecule has 0 aliphatic rings. The summed E-state index contributed by atoms with van der Waals surface area (Å²) in [5.41, 5.74) is -1.29. The third-order valence-corrected chi connectivity index (χ3v) is 1.79. The number of hydrogen-bond donors (Lipinski definition) is 0. The molecule has 0 amide bonds. The molecule has 0 unspecified atom stereocenters. The van der Waals surface area contributed by atoms with Crippen molar-refractivity contribution in [3.05, 3.63) is 12.2 Å². The van der Waals surface area contributed by atoms with Gasteiger partial charge < -0.3 is 0 Å². The number of carbonyl (C=O) groups excluding carboxylic acids is 1. The standard InChI is InChI=1S/C9H15FO/c1-4-9(10,5-2)7-6-8(3)11/h6-7H,4-5H2,1-3H3/b7-6+. The summed E-state index contributed by atoms with van der Waals surface area (Å²) in [5, 5.41) is 0. The number of ketones is 1. The summed E-state index contributed by atoms with van der Waals surface area (Å²) in [7, 11) is 0. The van der Waals surface area contributed by atoms with E-state index in [-0.39, 0.29) is 5.78 Å². The number of carbonyl (C=O) groups is 1. The van der Waals surface area contributed by atoms with Crippen molar-refractivity contribution >= 4 is 5.78 Å². The molecule has 0 radical (unpaired) electrons. The average molecular weight is 158 g/mol. The Morgan fingerprint density at radius 1 is 1.45 bits per heavy atom. The lowest BCUT2D eigenvalue weighted by Gasteiger charge is -2.16. The average Bonchev–Trinajstić information content (AvgIpc) is 2.00. The Morgan fingerprint density at radius 3 is 2.18 bits per heavy atom. The Balaban J connectivity index is 4.17. The number of rotatable bonds is 4. The quantitative estimate of drug-likeness (QED) is 0.575. The topological polar surface area (TPSA) is 17.1 Å². The second-order valence-corrected chi connectivity index (χ2v) is 2.69. The van der Waals surface area contributed by atoms with Crippen LogP contribution >= 0.6 is 0 Å². The molecule has 0 spiro atoms. The van der Waals surface area contributed by atoms with Gasteiger partial charge in [-0.25, -0.2) is 4.39 Å². The lowest BCUT2D eigenvalue weighted by Crippen LogP contribution is -2.16. The fourth-order valence-corrected chi connectivity index (χ4v) is 0.752. The first kappa shape index (κ1) is 10.3. The van der Waals surface area contributed by atoms with Gasteiger partial charge in [0.25, 0.3) is 0 Å². The van der Waals surface area contributed by atoms with Gasteiger partial charge >= 0.3 is 0 Å².